The Kier molecular flexibility index (Phi) is 7.42. The lowest BCUT2D eigenvalue weighted by atomic mass is 10.1. The number of carbonyl (C=O) groups is 2. The molecule has 1 heterocycles. The van der Waals surface area contributed by atoms with Crippen LogP contribution < -0.4 is 15.4 Å². The molecule has 1 aliphatic rings. The van der Waals surface area contributed by atoms with Gasteiger partial charge in [0.15, 0.2) is 0 Å². The number of ether oxygens (including phenoxy) is 1. The van der Waals surface area contributed by atoms with Crippen LogP contribution in [0.5, 0.6) is 5.75 Å². The number of allylic oxidation sites excluding steroid dienone is 1. The average Bonchev–Trinajstić information content (AvgIpc) is 3.02. The highest BCUT2D eigenvalue weighted by Crippen LogP contribution is 2.22. The van der Waals surface area contributed by atoms with Crippen molar-refractivity contribution in [3.05, 3.63) is 41.0 Å². The van der Waals surface area contributed by atoms with Crippen molar-refractivity contribution in [3.8, 4) is 5.75 Å². The zero-order chi connectivity index (χ0) is 20.0. The van der Waals surface area contributed by atoms with Gasteiger partial charge in [0.05, 0.1) is 18.7 Å². The summed E-state index contributed by atoms with van der Waals surface area (Å²) in [6.07, 6.45) is 2.71. The summed E-state index contributed by atoms with van der Waals surface area (Å²) in [5.74, 6) is 0.409. The van der Waals surface area contributed by atoms with Gasteiger partial charge in [-0.3, -0.25) is 14.5 Å². The minimum Gasteiger partial charge on any atom is -0.496 e. The highest BCUT2D eigenvalue weighted by atomic mass is 16.5. The second-order valence-electron chi connectivity index (χ2n) is 7.26. The molecule has 2 atom stereocenters. The third kappa shape index (κ3) is 5.57. The lowest BCUT2D eigenvalue weighted by Gasteiger charge is -2.21. The second-order valence-corrected chi connectivity index (χ2v) is 7.26. The average molecular weight is 373 g/mol. The predicted molar refractivity (Wildman–Crippen MR) is 107 cm³/mol. The summed E-state index contributed by atoms with van der Waals surface area (Å²) in [6, 6.07) is 5.21. The standard InChI is InChI=1S/C21H31N3O3/c1-6-22-21(26)18-12-16(13-24(18)10-9-14(2)3)23-20(25)17-8-7-15(4)11-19(17)27-5/h7-9,11,16,18H,6,10,12-13H2,1-5H3,(H,22,26)(H,23,25)/t16-,18-/m0/s1. The molecule has 1 aromatic rings. The van der Waals surface area contributed by atoms with Gasteiger partial charge in [-0.15, -0.1) is 0 Å². The first kappa shape index (κ1) is 21.0. The minimum absolute atomic E-state index is 0.0179. The summed E-state index contributed by atoms with van der Waals surface area (Å²) < 4.78 is 5.35. The van der Waals surface area contributed by atoms with Crippen LogP contribution in [0, 0.1) is 6.92 Å². The van der Waals surface area contributed by atoms with Crippen LogP contribution in [0.2, 0.25) is 0 Å². The summed E-state index contributed by atoms with van der Waals surface area (Å²) in [5, 5.41) is 5.97. The van der Waals surface area contributed by atoms with Crippen molar-refractivity contribution in [2.24, 2.45) is 0 Å². The van der Waals surface area contributed by atoms with E-state index >= 15 is 0 Å². The zero-order valence-corrected chi connectivity index (χ0v) is 17.0. The molecular formula is C21H31N3O3. The summed E-state index contributed by atoms with van der Waals surface area (Å²) in [4.78, 5) is 27.3. The molecule has 2 N–H and O–H groups in total. The third-order valence-electron chi connectivity index (χ3n) is 4.73. The second kappa shape index (κ2) is 9.55. The summed E-state index contributed by atoms with van der Waals surface area (Å²) in [6.45, 7) is 9.90. The number of aryl methyl sites for hydroxylation is 1. The minimum atomic E-state index is -0.231. The molecule has 2 rings (SSSR count). The maximum Gasteiger partial charge on any atom is 0.255 e. The first-order valence-electron chi connectivity index (χ1n) is 9.46. The van der Waals surface area contributed by atoms with Crippen molar-refractivity contribution < 1.29 is 14.3 Å². The van der Waals surface area contributed by atoms with Crippen LogP contribution in [0.4, 0.5) is 0 Å². The Morgan fingerprint density at radius 2 is 2.07 bits per heavy atom. The van der Waals surface area contributed by atoms with Crippen LogP contribution in [0.15, 0.2) is 29.8 Å². The van der Waals surface area contributed by atoms with Crippen molar-refractivity contribution in [1.29, 1.82) is 0 Å². The number of hydrogen-bond donors (Lipinski definition) is 2. The van der Waals surface area contributed by atoms with Gasteiger partial charge in [-0.2, -0.15) is 0 Å². The van der Waals surface area contributed by atoms with E-state index in [9.17, 15) is 9.59 Å². The Morgan fingerprint density at radius 1 is 1.33 bits per heavy atom. The van der Waals surface area contributed by atoms with Gasteiger partial charge in [-0.1, -0.05) is 17.7 Å². The molecule has 0 unspecified atom stereocenters. The van der Waals surface area contributed by atoms with Crippen molar-refractivity contribution >= 4 is 11.8 Å². The SMILES string of the molecule is CCNC(=O)[C@@H]1C[C@H](NC(=O)c2ccc(C)cc2OC)CN1CC=C(C)C. The Bertz CT molecular complexity index is 711. The molecule has 1 aliphatic heterocycles. The fourth-order valence-electron chi connectivity index (χ4n) is 3.32. The molecule has 0 spiro atoms. The van der Waals surface area contributed by atoms with E-state index in [0.717, 1.165) is 5.56 Å². The van der Waals surface area contributed by atoms with Gasteiger partial charge in [-0.25, -0.2) is 0 Å². The number of benzene rings is 1. The molecule has 1 fully saturated rings. The number of carbonyl (C=O) groups excluding carboxylic acids is 2. The Morgan fingerprint density at radius 3 is 2.70 bits per heavy atom. The van der Waals surface area contributed by atoms with E-state index in [2.05, 4.69) is 21.6 Å². The molecule has 148 valence electrons. The van der Waals surface area contributed by atoms with Crippen molar-refractivity contribution in [3.63, 3.8) is 0 Å². The van der Waals surface area contributed by atoms with E-state index in [-0.39, 0.29) is 23.9 Å². The monoisotopic (exact) mass is 373 g/mol. The van der Waals surface area contributed by atoms with Gasteiger partial charge in [0.25, 0.3) is 5.91 Å². The summed E-state index contributed by atoms with van der Waals surface area (Å²) in [5.41, 5.74) is 2.76. The van der Waals surface area contributed by atoms with Gasteiger partial charge >= 0.3 is 0 Å². The fourth-order valence-corrected chi connectivity index (χ4v) is 3.32. The zero-order valence-electron chi connectivity index (χ0n) is 17.0. The molecule has 6 heteroatoms. The van der Waals surface area contributed by atoms with Crippen molar-refractivity contribution in [2.75, 3.05) is 26.7 Å². The molecule has 27 heavy (non-hydrogen) atoms. The largest absolute Gasteiger partial charge is 0.496 e. The van der Waals surface area contributed by atoms with Gasteiger partial charge in [0.1, 0.15) is 5.75 Å². The van der Waals surface area contributed by atoms with Crippen LogP contribution in [-0.2, 0) is 4.79 Å². The fraction of sp³-hybridized carbons (Fsp3) is 0.524. The molecule has 0 aromatic heterocycles. The molecule has 0 radical (unpaired) electrons. The van der Waals surface area contributed by atoms with Crippen LogP contribution in [0.1, 0.15) is 43.1 Å². The van der Waals surface area contributed by atoms with E-state index < -0.39 is 0 Å². The topological polar surface area (TPSA) is 70.7 Å². The normalized spacial score (nSPS) is 19.4. The first-order valence-corrected chi connectivity index (χ1v) is 9.46. The predicted octanol–water partition coefficient (Wildman–Crippen LogP) is 2.28. The van der Waals surface area contributed by atoms with Crippen LogP contribution in [0.25, 0.3) is 0 Å². The number of nitrogens with one attached hydrogen (secondary N) is 2. The Hall–Kier alpha value is -2.34. The van der Waals surface area contributed by atoms with Crippen molar-refractivity contribution in [2.45, 2.75) is 46.2 Å². The number of hydrogen-bond acceptors (Lipinski definition) is 4. The quantitative estimate of drug-likeness (QED) is 0.720. The Balaban J connectivity index is 2.11. The molecule has 0 saturated carbocycles. The molecule has 0 aliphatic carbocycles. The number of amides is 2. The number of nitrogens with zero attached hydrogens (tertiary/aromatic N) is 1. The molecule has 2 amide bonds. The van der Waals surface area contributed by atoms with Crippen molar-refractivity contribution in [1.82, 2.24) is 15.5 Å². The summed E-state index contributed by atoms with van der Waals surface area (Å²) >= 11 is 0. The van der Waals surface area contributed by atoms with Crippen LogP contribution in [-0.4, -0.2) is 55.5 Å². The maximum absolute atomic E-state index is 12.7. The molecule has 1 saturated heterocycles. The smallest absolute Gasteiger partial charge is 0.255 e. The van der Waals surface area contributed by atoms with Gasteiger partial charge < -0.3 is 15.4 Å². The van der Waals surface area contributed by atoms with E-state index in [0.29, 0.717) is 37.4 Å². The molecular weight excluding hydrogens is 342 g/mol. The molecule has 1 aromatic carbocycles. The van der Waals surface area contributed by atoms with Gasteiger partial charge in [0.2, 0.25) is 5.91 Å². The van der Waals surface area contributed by atoms with E-state index in [1.165, 1.54) is 5.57 Å². The maximum atomic E-state index is 12.7. The Labute approximate surface area is 162 Å². The first-order chi connectivity index (χ1) is 12.8. The van der Waals surface area contributed by atoms with Crippen LogP contribution >= 0.6 is 0 Å². The highest BCUT2D eigenvalue weighted by molar-refractivity contribution is 5.97. The third-order valence-corrected chi connectivity index (χ3v) is 4.73. The van der Waals surface area contributed by atoms with Crippen LogP contribution in [0.3, 0.4) is 0 Å². The lowest BCUT2D eigenvalue weighted by Crippen LogP contribution is -2.43. The highest BCUT2D eigenvalue weighted by Gasteiger charge is 2.36. The van der Waals surface area contributed by atoms with E-state index in [1.807, 2.05) is 39.8 Å². The molecule has 6 nitrogen and oxygen atoms in total. The number of methoxy groups -OCH3 is 1. The number of likely N-dealkylation sites (N-methyl/N-ethyl adjacent to an activating group) is 1. The lowest BCUT2D eigenvalue weighted by molar-refractivity contribution is -0.125. The molecule has 0 bridgehead atoms. The van der Waals surface area contributed by atoms with Gasteiger partial charge in [-0.05, 0) is 51.8 Å². The number of likely N-dealkylation sites (tertiary alicyclic amines) is 1. The van der Waals surface area contributed by atoms with E-state index in [4.69, 9.17) is 4.74 Å². The number of rotatable bonds is 7. The van der Waals surface area contributed by atoms with E-state index in [1.54, 1.807) is 13.2 Å². The summed E-state index contributed by atoms with van der Waals surface area (Å²) in [7, 11) is 1.56. The van der Waals surface area contributed by atoms with Gasteiger partial charge in [0, 0.05) is 25.7 Å².